The molecular formula is C17H28BrN7. The number of benzene rings is 1. The first-order valence-corrected chi connectivity index (χ1v) is 8.33. The van der Waals surface area contributed by atoms with Gasteiger partial charge in [-0.15, -0.1) is 0 Å². The highest BCUT2D eigenvalue weighted by molar-refractivity contribution is 5.51. The molecule has 0 atom stereocenters. The number of hydrogen-bond acceptors (Lipinski definition) is 5. The van der Waals surface area contributed by atoms with Crippen LogP contribution in [0, 0.1) is 0 Å². The summed E-state index contributed by atoms with van der Waals surface area (Å²) < 4.78 is 4.17. The molecule has 0 amide bonds. The minimum atomic E-state index is 0. The summed E-state index contributed by atoms with van der Waals surface area (Å²) in [6.45, 7) is 2.98. The van der Waals surface area contributed by atoms with Crippen molar-refractivity contribution in [1.82, 2.24) is 4.57 Å². The molecule has 25 heavy (non-hydrogen) atoms. The fourth-order valence-electron chi connectivity index (χ4n) is 2.37. The van der Waals surface area contributed by atoms with Gasteiger partial charge in [0.05, 0.1) is 25.5 Å². The van der Waals surface area contributed by atoms with Gasteiger partial charge in [0, 0.05) is 24.9 Å². The number of aromatic nitrogens is 2. The van der Waals surface area contributed by atoms with Crippen molar-refractivity contribution < 1.29 is 21.5 Å². The van der Waals surface area contributed by atoms with E-state index >= 15 is 0 Å². The fraction of sp³-hybridized carbons (Fsp3) is 0.471. The maximum atomic E-state index is 5.62. The molecule has 8 heteroatoms. The molecule has 1 aromatic heterocycles. The van der Waals surface area contributed by atoms with E-state index in [-0.39, 0.29) is 17.0 Å². The van der Waals surface area contributed by atoms with Gasteiger partial charge in [0.2, 0.25) is 0 Å². The van der Waals surface area contributed by atoms with E-state index in [2.05, 4.69) is 24.3 Å². The predicted molar refractivity (Wildman–Crippen MR) is 96.9 cm³/mol. The van der Waals surface area contributed by atoms with Crippen LogP contribution < -0.4 is 37.9 Å². The Hall–Kier alpha value is -1.77. The second-order valence-electron chi connectivity index (χ2n) is 5.88. The summed E-state index contributed by atoms with van der Waals surface area (Å²) >= 11 is 0. The topological polar surface area (TPSA) is 88.8 Å². The quantitative estimate of drug-likeness (QED) is 0.409. The van der Waals surface area contributed by atoms with E-state index in [0.29, 0.717) is 13.1 Å². The highest BCUT2D eigenvalue weighted by atomic mass is 79.9. The van der Waals surface area contributed by atoms with Gasteiger partial charge in [-0.2, -0.15) is 0 Å². The van der Waals surface area contributed by atoms with Gasteiger partial charge in [-0.05, 0) is 50.2 Å². The first-order chi connectivity index (χ1) is 11.7. The molecule has 0 radical (unpaired) electrons. The van der Waals surface area contributed by atoms with Crippen molar-refractivity contribution in [3.63, 3.8) is 0 Å². The molecule has 0 unspecified atom stereocenters. The zero-order chi connectivity index (χ0) is 17.4. The molecule has 2 aromatic rings. The number of imidazole rings is 1. The molecule has 0 aliphatic rings. The van der Waals surface area contributed by atoms with Crippen LogP contribution in [0.5, 0.6) is 0 Å². The van der Waals surface area contributed by atoms with Gasteiger partial charge in [-0.3, -0.25) is 0 Å². The van der Waals surface area contributed by atoms with Gasteiger partial charge in [0.1, 0.15) is 5.69 Å². The Morgan fingerprint density at radius 1 is 1.04 bits per heavy atom. The van der Waals surface area contributed by atoms with E-state index in [0.717, 1.165) is 43.3 Å². The summed E-state index contributed by atoms with van der Waals surface area (Å²) in [4.78, 5) is 2.06. The van der Waals surface area contributed by atoms with Crippen LogP contribution in [0.4, 0.5) is 17.3 Å². The highest BCUT2D eigenvalue weighted by Crippen LogP contribution is 2.20. The first-order valence-electron chi connectivity index (χ1n) is 8.33. The van der Waals surface area contributed by atoms with E-state index in [1.165, 1.54) is 0 Å². The molecule has 4 N–H and O–H groups in total. The lowest BCUT2D eigenvalue weighted by atomic mass is 10.3. The largest absolute Gasteiger partial charge is 1.00 e. The third-order valence-electron chi connectivity index (χ3n) is 3.77. The average Bonchev–Trinajstić information content (AvgIpc) is 2.98. The molecule has 1 heterocycles. The molecule has 1 aromatic carbocycles. The van der Waals surface area contributed by atoms with E-state index in [1.54, 1.807) is 0 Å². The maximum absolute atomic E-state index is 5.62. The zero-order valence-electron chi connectivity index (χ0n) is 15.0. The highest BCUT2D eigenvalue weighted by Gasteiger charge is 2.16. The number of aryl methyl sites for hydroxylation is 2. The molecule has 7 nitrogen and oxygen atoms in total. The number of azo groups is 1. The van der Waals surface area contributed by atoms with Crippen LogP contribution in [0.3, 0.4) is 0 Å². The Bertz CT molecular complexity index is 624. The molecule has 0 spiro atoms. The van der Waals surface area contributed by atoms with Crippen molar-refractivity contribution in [1.29, 1.82) is 0 Å². The standard InChI is InChI=1S/C17H28N7.BrH/c1-22(2)16-7-5-15(6-8-16)20-21-17-23(11-3-9-18)13-14-24(17)12-4-10-19;/h5-8,13-14H,3-4,9-12,18-19H2,1-2H3;1H/q+1;/p-1. The van der Waals surface area contributed by atoms with Crippen LogP contribution in [-0.4, -0.2) is 31.8 Å². The molecule has 0 saturated carbocycles. The number of nitrogens with two attached hydrogens (primary N) is 2. The Balaban J connectivity index is 0.00000312. The van der Waals surface area contributed by atoms with Crippen LogP contribution in [-0.2, 0) is 13.1 Å². The van der Waals surface area contributed by atoms with Crippen molar-refractivity contribution in [2.24, 2.45) is 21.7 Å². The lowest BCUT2D eigenvalue weighted by Gasteiger charge is -2.11. The first kappa shape index (κ1) is 21.3. The van der Waals surface area contributed by atoms with Gasteiger partial charge in [0.15, 0.2) is 0 Å². The molecule has 0 saturated heterocycles. The number of nitrogens with zero attached hydrogens (tertiary/aromatic N) is 5. The molecular weight excluding hydrogens is 382 g/mol. The SMILES string of the molecule is CN(C)c1ccc(N=Nc2n(CCCN)cc[n+]2CCCN)cc1.[Br-]. The summed E-state index contributed by atoms with van der Waals surface area (Å²) in [6.07, 6.45) is 5.86. The van der Waals surface area contributed by atoms with E-state index in [1.807, 2.05) is 50.8 Å². The zero-order valence-corrected chi connectivity index (χ0v) is 16.6. The number of anilines is 1. The van der Waals surface area contributed by atoms with Gasteiger partial charge >= 0.3 is 5.95 Å². The molecule has 0 bridgehead atoms. The Kier molecular flexibility index (Phi) is 9.33. The second-order valence-corrected chi connectivity index (χ2v) is 5.88. The minimum absolute atomic E-state index is 0. The van der Waals surface area contributed by atoms with Crippen LogP contribution in [0.25, 0.3) is 0 Å². The lowest BCUT2D eigenvalue weighted by molar-refractivity contribution is -0.683. The van der Waals surface area contributed by atoms with Crippen LogP contribution in [0.2, 0.25) is 0 Å². The van der Waals surface area contributed by atoms with Gasteiger partial charge in [-0.25, -0.2) is 9.13 Å². The van der Waals surface area contributed by atoms with Crippen LogP contribution in [0.1, 0.15) is 12.8 Å². The summed E-state index contributed by atoms with van der Waals surface area (Å²) in [5.74, 6) is 0.827. The van der Waals surface area contributed by atoms with Gasteiger partial charge in [0.25, 0.3) is 0 Å². The molecule has 0 aliphatic heterocycles. The monoisotopic (exact) mass is 409 g/mol. The van der Waals surface area contributed by atoms with Crippen molar-refractivity contribution in [2.45, 2.75) is 25.9 Å². The molecule has 2 rings (SSSR count). The summed E-state index contributed by atoms with van der Waals surface area (Å²) in [5.41, 5.74) is 13.2. The van der Waals surface area contributed by atoms with E-state index in [4.69, 9.17) is 11.5 Å². The Morgan fingerprint density at radius 3 is 2.32 bits per heavy atom. The Morgan fingerprint density at radius 2 is 1.72 bits per heavy atom. The second kappa shape index (κ2) is 11.0. The van der Waals surface area contributed by atoms with Crippen molar-refractivity contribution in [3.05, 3.63) is 36.7 Å². The number of hydrogen-bond donors (Lipinski definition) is 2. The van der Waals surface area contributed by atoms with Crippen molar-refractivity contribution in [3.8, 4) is 0 Å². The normalized spacial score (nSPS) is 10.9. The van der Waals surface area contributed by atoms with E-state index < -0.39 is 0 Å². The smallest absolute Gasteiger partial charge is 0.421 e. The van der Waals surface area contributed by atoms with Crippen molar-refractivity contribution in [2.75, 3.05) is 32.1 Å². The minimum Gasteiger partial charge on any atom is -1.00 e. The number of halogens is 1. The maximum Gasteiger partial charge on any atom is 0.421 e. The summed E-state index contributed by atoms with van der Waals surface area (Å²) in [6, 6.07) is 8.00. The van der Waals surface area contributed by atoms with Gasteiger partial charge < -0.3 is 33.3 Å². The average molecular weight is 410 g/mol. The predicted octanol–water partition coefficient (Wildman–Crippen LogP) is -1.04. The molecule has 0 fully saturated rings. The third kappa shape index (κ3) is 6.22. The van der Waals surface area contributed by atoms with Crippen LogP contribution in [0.15, 0.2) is 46.9 Å². The molecule has 0 aliphatic carbocycles. The van der Waals surface area contributed by atoms with Crippen molar-refractivity contribution >= 4 is 17.3 Å². The van der Waals surface area contributed by atoms with Gasteiger partial charge in [-0.1, -0.05) is 5.11 Å². The summed E-state index contributed by atoms with van der Waals surface area (Å²) in [5, 5.41) is 8.86. The van der Waals surface area contributed by atoms with E-state index in [9.17, 15) is 0 Å². The molecule has 138 valence electrons. The summed E-state index contributed by atoms with van der Waals surface area (Å²) in [7, 11) is 4.03. The lowest BCUT2D eigenvalue weighted by Crippen LogP contribution is -3.00. The number of rotatable bonds is 9. The fourth-order valence-corrected chi connectivity index (χ4v) is 2.37. The Labute approximate surface area is 160 Å². The third-order valence-corrected chi connectivity index (χ3v) is 3.77. The van der Waals surface area contributed by atoms with Crippen LogP contribution >= 0.6 is 0 Å².